The number of benzene rings is 1. The van der Waals surface area contributed by atoms with Crippen molar-refractivity contribution >= 4 is 5.91 Å². The zero-order valence-corrected chi connectivity index (χ0v) is 15.6. The molecule has 5 nitrogen and oxygen atoms in total. The first-order valence-corrected chi connectivity index (χ1v) is 9.74. The largest absolute Gasteiger partial charge is 0.508 e. The van der Waals surface area contributed by atoms with Crippen LogP contribution in [0.15, 0.2) is 36.7 Å². The van der Waals surface area contributed by atoms with Crippen molar-refractivity contribution in [1.82, 2.24) is 14.5 Å². The third kappa shape index (κ3) is 4.65. The average Bonchev–Trinajstić information content (AvgIpc) is 3.14. The third-order valence-electron chi connectivity index (χ3n) is 5.20. The van der Waals surface area contributed by atoms with Crippen molar-refractivity contribution in [1.29, 1.82) is 0 Å². The molecule has 1 aromatic heterocycles. The SMILES string of the molecule is CCCCn1ccnc1C1CCCN(C(=O)CCc2ccc(O)cc2)C1. The maximum absolute atomic E-state index is 12.7. The molecule has 140 valence electrons. The maximum atomic E-state index is 12.7. The van der Waals surface area contributed by atoms with Gasteiger partial charge in [-0.25, -0.2) is 4.98 Å². The number of imidazole rings is 1. The van der Waals surface area contributed by atoms with Crippen LogP contribution < -0.4 is 0 Å². The highest BCUT2D eigenvalue weighted by Gasteiger charge is 2.27. The summed E-state index contributed by atoms with van der Waals surface area (Å²) in [6.07, 6.45) is 9.65. The van der Waals surface area contributed by atoms with Crippen LogP contribution in [-0.2, 0) is 17.8 Å². The van der Waals surface area contributed by atoms with Crippen LogP contribution in [0.1, 0.15) is 56.3 Å². The van der Waals surface area contributed by atoms with Crippen molar-refractivity contribution < 1.29 is 9.90 Å². The molecule has 0 aliphatic carbocycles. The van der Waals surface area contributed by atoms with Crippen LogP contribution in [0.3, 0.4) is 0 Å². The van der Waals surface area contributed by atoms with Gasteiger partial charge in [-0.3, -0.25) is 4.79 Å². The minimum atomic E-state index is 0.217. The van der Waals surface area contributed by atoms with Crippen LogP contribution in [0.2, 0.25) is 0 Å². The Morgan fingerprint density at radius 3 is 2.88 bits per heavy atom. The van der Waals surface area contributed by atoms with Gasteiger partial charge >= 0.3 is 0 Å². The zero-order chi connectivity index (χ0) is 18.4. The van der Waals surface area contributed by atoms with Crippen LogP contribution >= 0.6 is 0 Å². The van der Waals surface area contributed by atoms with E-state index in [9.17, 15) is 9.90 Å². The molecule has 1 atom stereocenters. The molecule has 2 aromatic rings. The first-order chi connectivity index (χ1) is 12.7. The standard InChI is InChI=1S/C21H29N3O2/c1-2-3-13-23-15-12-22-21(23)18-5-4-14-24(16-18)20(26)11-8-17-6-9-19(25)10-7-17/h6-7,9-10,12,15,18,25H,2-5,8,11,13-14,16H2,1H3. The monoisotopic (exact) mass is 355 g/mol. The lowest BCUT2D eigenvalue weighted by molar-refractivity contribution is -0.132. The number of phenols is 1. The molecule has 1 fully saturated rings. The first kappa shape index (κ1) is 18.5. The fourth-order valence-electron chi connectivity index (χ4n) is 3.68. The van der Waals surface area contributed by atoms with E-state index in [0.717, 1.165) is 50.3 Å². The molecular weight excluding hydrogens is 326 g/mol. The molecule has 0 bridgehead atoms. The van der Waals surface area contributed by atoms with E-state index in [2.05, 4.69) is 22.7 Å². The number of rotatable bonds is 7. The fraction of sp³-hybridized carbons (Fsp3) is 0.524. The van der Waals surface area contributed by atoms with Crippen molar-refractivity contribution in [2.45, 2.75) is 57.9 Å². The number of aromatic nitrogens is 2. The number of piperidine rings is 1. The highest BCUT2D eigenvalue weighted by atomic mass is 16.3. The van der Waals surface area contributed by atoms with E-state index < -0.39 is 0 Å². The van der Waals surface area contributed by atoms with Gasteiger partial charge < -0.3 is 14.6 Å². The summed E-state index contributed by atoms with van der Waals surface area (Å²) < 4.78 is 2.26. The first-order valence-electron chi connectivity index (χ1n) is 9.74. The number of likely N-dealkylation sites (tertiary alicyclic amines) is 1. The van der Waals surface area contributed by atoms with Crippen LogP contribution in [0.5, 0.6) is 5.75 Å². The van der Waals surface area contributed by atoms with E-state index in [1.807, 2.05) is 23.2 Å². The lowest BCUT2D eigenvalue weighted by atomic mass is 9.96. The minimum Gasteiger partial charge on any atom is -0.508 e. The second-order valence-corrected chi connectivity index (χ2v) is 7.18. The van der Waals surface area contributed by atoms with Crippen LogP contribution in [0.4, 0.5) is 0 Å². The van der Waals surface area contributed by atoms with Crippen LogP contribution in [0.25, 0.3) is 0 Å². The van der Waals surface area contributed by atoms with Gasteiger partial charge in [0.25, 0.3) is 0 Å². The van der Waals surface area contributed by atoms with Crippen molar-refractivity contribution in [3.63, 3.8) is 0 Å². The molecule has 1 aliphatic heterocycles. The fourth-order valence-corrected chi connectivity index (χ4v) is 3.68. The van der Waals surface area contributed by atoms with Gasteiger partial charge in [-0.1, -0.05) is 25.5 Å². The minimum absolute atomic E-state index is 0.217. The molecule has 1 aliphatic rings. The van der Waals surface area contributed by atoms with Crippen molar-refractivity contribution in [2.75, 3.05) is 13.1 Å². The summed E-state index contributed by atoms with van der Waals surface area (Å²) in [5.74, 6) is 1.95. The Morgan fingerprint density at radius 2 is 2.12 bits per heavy atom. The summed E-state index contributed by atoms with van der Waals surface area (Å²) in [5, 5.41) is 9.35. The summed E-state index contributed by atoms with van der Waals surface area (Å²) >= 11 is 0. The molecule has 0 radical (unpaired) electrons. The van der Waals surface area contributed by atoms with Crippen molar-refractivity contribution in [3.05, 3.63) is 48.0 Å². The van der Waals surface area contributed by atoms with E-state index in [1.165, 1.54) is 6.42 Å². The van der Waals surface area contributed by atoms with Crippen molar-refractivity contribution in [2.24, 2.45) is 0 Å². The molecule has 3 rings (SSSR count). The molecule has 1 amide bonds. The number of carbonyl (C=O) groups is 1. The predicted molar refractivity (Wildman–Crippen MR) is 102 cm³/mol. The second kappa shape index (κ2) is 8.88. The topological polar surface area (TPSA) is 58.4 Å². The number of hydrogen-bond acceptors (Lipinski definition) is 3. The van der Waals surface area contributed by atoms with Gasteiger partial charge in [0.15, 0.2) is 0 Å². The highest BCUT2D eigenvalue weighted by molar-refractivity contribution is 5.76. The molecule has 1 saturated heterocycles. The number of hydrogen-bond donors (Lipinski definition) is 1. The lowest BCUT2D eigenvalue weighted by Crippen LogP contribution is -2.39. The lowest BCUT2D eigenvalue weighted by Gasteiger charge is -2.33. The smallest absolute Gasteiger partial charge is 0.222 e. The maximum Gasteiger partial charge on any atom is 0.222 e. The van der Waals surface area contributed by atoms with E-state index in [1.54, 1.807) is 12.1 Å². The Bertz CT molecular complexity index is 708. The van der Waals surface area contributed by atoms with Crippen LogP contribution in [0, 0.1) is 0 Å². The average molecular weight is 355 g/mol. The third-order valence-corrected chi connectivity index (χ3v) is 5.20. The zero-order valence-electron chi connectivity index (χ0n) is 15.6. The molecule has 1 unspecified atom stereocenters. The van der Waals surface area contributed by atoms with Gasteiger partial charge in [-0.15, -0.1) is 0 Å². The van der Waals surface area contributed by atoms with Crippen LogP contribution in [-0.4, -0.2) is 38.6 Å². The number of amides is 1. The van der Waals surface area contributed by atoms with E-state index in [0.29, 0.717) is 18.8 Å². The van der Waals surface area contributed by atoms with Gasteiger partial charge in [0.1, 0.15) is 11.6 Å². The molecule has 5 heteroatoms. The summed E-state index contributed by atoms with van der Waals surface area (Å²) in [4.78, 5) is 19.3. The Labute approximate surface area is 155 Å². The Morgan fingerprint density at radius 1 is 1.31 bits per heavy atom. The highest BCUT2D eigenvalue weighted by Crippen LogP contribution is 2.26. The number of nitrogens with zero attached hydrogens (tertiary/aromatic N) is 3. The molecule has 1 N–H and O–H groups in total. The van der Waals surface area contributed by atoms with E-state index in [4.69, 9.17) is 0 Å². The quantitative estimate of drug-likeness (QED) is 0.823. The van der Waals surface area contributed by atoms with Gasteiger partial charge in [0, 0.05) is 44.4 Å². The van der Waals surface area contributed by atoms with Crippen molar-refractivity contribution in [3.8, 4) is 5.75 Å². The number of phenolic OH excluding ortho intramolecular Hbond substituents is 1. The Kier molecular flexibility index (Phi) is 6.31. The summed E-state index contributed by atoms with van der Waals surface area (Å²) in [6.45, 7) is 4.83. The van der Waals surface area contributed by atoms with Gasteiger partial charge in [0.2, 0.25) is 5.91 Å². The summed E-state index contributed by atoms with van der Waals surface area (Å²) in [6, 6.07) is 7.11. The van der Waals surface area contributed by atoms with E-state index in [-0.39, 0.29) is 11.7 Å². The van der Waals surface area contributed by atoms with Gasteiger partial charge in [0.05, 0.1) is 0 Å². The molecular formula is C21H29N3O2. The molecule has 1 aromatic carbocycles. The Hall–Kier alpha value is -2.30. The van der Waals surface area contributed by atoms with Gasteiger partial charge in [-0.05, 0) is 43.4 Å². The molecule has 0 spiro atoms. The second-order valence-electron chi connectivity index (χ2n) is 7.18. The summed E-state index contributed by atoms with van der Waals surface area (Å²) in [5.41, 5.74) is 1.08. The predicted octanol–water partition coefficient (Wildman–Crippen LogP) is 3.73. The molecule has 0 saturated carbocycles. The molecule has 26 heavy (non-hydrogen) atoms. The van der Waals surface area contributed by atoms with E-state index >= 15 is 0 Å². The number of aryl methyl sites for hydroxylation is 2. The number of unbranched alkanes of at least 4 members (excludes halogenated alkanes) is 1. The number of aromatic hydroxyl groups is 1. The van der Waals surface area contributed by atoms with Gasteiger partial charge in [-0.2, -0.15) is 0 Å². The normalized spacial score (nSPS) is 17.4. The molecule has 2 heterocycles. The summed E-state index contributed by atoms with van der Waals surface area (Å²) in [7, 11) is 0. The number of carbonyl (C=O) groups excluding carboxylic acids is 1. The Balaban J connectivity index is 1.56.